The van der Waals surface area contributed by atoms with E-state index in [0.717, 1.165) is 16.2 Å². The van der Waals surface area contributed by atoms with Gasteiger partial charge in [-0.15, -0.1) is 10.2 Å². The molecule has 0 aromatic carbocycles. The monoisotopic (exact) mass is 307 g/mol. The molecule has 0 unspecified atom stereocenters. The lowest BCUT2D eigenvalue weighted by molar-refractivity contribution is -0.144. The lowest BCUT2D eigenvalue weighted by Crippen LogP contribution is -2.40. The first-order chi connectivity index (χ1) is 8.97. The van der Waals surface area contributed by atoms with Gasteiger partial charge in [0.15, 0.2) is 0 Å². The molecule has 10 heteroatoms. The molecular weight excluding hydrogens is 298 g/mol. The fourth-order valence-electron chi connectivity index (χ4n) is 1.07. The molecule has 1 amide bonds. The summed E-state index contributed by atoms with van der Waals surface area (Å²) in [6, 6.07) is 0. The van der Waals surface area contributed by atoms with Crippen molar-refractivity contribution in [2.24, 2.45) is 0 Å². The zero-order valence-corrected chi connectivity index (χ0v) is 11.7. The molecule has 0 N–H and O–H groups in total. The van der Waals surface area contributed by atoms with Crippen LogP contribution in [0.15, 0.2) is 0 Å². The van der Waals surface area contributed by atoms with Crippen molar-refractivity contribution in [3.05, 3.63) is 9.47 Å². The van der Waals surface area contributed by atoms with E-state index < -0.39 is 30.9 Å². The number of halogens is 1. The van der Waals surface area contributed by atoms with E-state index in [-0.39, 0.29) is 9.47 Å². The molecule has 0 aliphatic rings. The number of ether oxygens (including phenoxy) is 2. The Morgan fingerprint density at radius 1 is 1.16 bits per heavy atom. The quantitative estimate of drug-likeness (QED) is 0.705. The fourth-order valence-corrected chi connectivity index (χ4v) is 1.86. The fraction of sp³-hybridized carbons (Fsp3) is 0.444. The van der Waals surface area contributed by atoms with E-state index in [1.807, 2.05) is 0 Å². The standard InChI is InChI=1S/C9H10ClN3O5S/c1-17-5(14)3-13(4-6(15)18-2)8(16)7-11-12-9(10)19-7/h3-4H2,1-2H3. The van der Waals surface area contributed by atoms with E-state index in [1.165, 1.54) is 14.2 Å². The summed E-state index contributed by atoms with van der Waals surface area (Å²) < 4.78 is 8.97. The largest absolute Gasteiger partial charge is 0.468 e. The van der Waals surface area contributed by atoms with E-state index in [4.69, 9.17) is 11.6 Å². The third kappa shape index (κ3) is 4.45. The average Bonchev–Trinajstić information content (AvgIpc) is 2.83. The minimum absolute atomic E-state index is 0.0298. The highest BCUT2D eigenvalue weighted by atomic mass is 35.5. The van der Waals surface area contributed by atoms with Crippen LogP contribution in [-0.2, 0) is 19.1 Å². The molecule has 0 radical (unpaired) electrons. The van der Waals surface area contributed by atoms with Gasteiger partial charge in [-0.3, -0.25) is 14.4 Å². The van der Waals surface area contributed by atoms with Crippen LogP contribution in [0.3, 0.4) is 0 Å². The second-order valence-corrected chi connectivity index (χ2v) is 4.73. The summed E-state index contributed by atoms with van der Waals surface area (Å²) in [5, 5.41) is 6.99. The van der Waals surface area contributed by atoms with Crippen molar-refractivity contribution in [1.82, 2.24) is 15.1 Å². The number of esters is 2. The molecule has 1 heterocycles. The molecule has 0 spiro atoms. The summed E-state index contributed by atoms with van der Waals surface area (Å²) >= 11 is 6.41. The Balaban J connectivity index is 2.85. The summed E-state index contributed by atoms with van der Waals surface area (Å²) in [7, 11) is 2.34. The highest BCUT2D eigenvalue weighted by Crippen LogP contribution is 2.16. The molecule has 1 aromatic rings. The van der Waals surface area contributed by atoms with E-state index in [9.17, 15) is 14.4 Å². The highest BCUT2D eigenvalue weighted by Gasteiger charge is 2.25. The second kappa shape index (κ2) is 7.00. The molecule has 0 saturated carbocycles. The molecule has 104 valence electrons. The first-order valence-corrected chi connectivity index (χ1v) is 6.09. The Labute approximate surface area is 117 Å². The molecule has 0 aliphatic carbocycles. The Morgan fingerprint density at radius 3 is 2.05 bits per heavy atom. The average molecular weight is 308 g/mol. The van der Waals surface area contributed by atoms with Crippen LogP contribution in [-0.4, -0.2) is 60.3 Å². The summed E-state index contributed by atoms with van der Waals surface area (Å²) in [5.74, 6) is -2.00. The Hall–Kier alpha value is -1.74. The van der Waals surface area contributed by atoms with E-state index in [1.54, 1.807) is 0 Å². The SMILES string of the molecule is COC(=O)CN(CC(=O)OC)C(=O)c1nnc(Cl)s1. The van der Waals surface area contributed by atoms with Gasteiger partial charge < -0.3 is 14.4 Å². The Kier molecular flexibility index (Phi) is 5.64. The van der Waals surface area contributed by atoms with Gasteiger partial charge in [-0.2, -0.15) is 0 Å². The maximum absolute atomic E-state index is 12.0. The van der Waals surface area contributed by atoms with Gasteiger partial charge in [0.05, 0.1) is 14.2 Å². The van der Waals surface area contributed by atoms with Gasteiger partial charge in [-0.1, -0.05) is 11.3 Å². The van der Waals surface area contributed by atoms with Crippen molar-refractivity contribution in [2.45, 2.75) is 0 Å². The number of carbonyl (C=O) groups is 3. The van der Waals surface area contributed by atoms with Crippen LogP contribution >= 0.6 is 22.9 Å². The van der Waals surface area contributed by atoms with Gasteiger partial charge in [0, 0.05) is 0 Å². The second-order valence-electron chi connectivity index (χ2n) is 3.17. The zero-order chi connectivity index (χ0) is 14.4. The number of hydrogen-bond acceptors (Lipinski definition) is 8. The normalized spacial score (nSPS) is 9.84. The van der Waals surface area contributed by atoms with Gasteiger partial charge in [0.2, 0.25) is 9.47 Å². The van der Waals surface area contributed by atoms with E-state index in [2.05, 4.69) is 19.7 Å². The molecule has 0 atom stereocenters. The molecule has 0 fully saturated rings. The third-order valence-electron chi connectivity index (χ3n) is 1.97. The van der Waals surface area contributed by atoms with Crippen molar-refractivity contribution in [3.8, 4) is 0 Å². The number of amides is 1. The van der Waals surface area contributed by atoms with Gasteiger partial charge in [0.1, 0.15) is 13.1 Å². The van der Waals surface area contributed by atoms with Crippen molar-refractivity contribution in [1.29, 1.82) is 0 Å². The predicted molar refractivity (Wildman–Crippen MR) is 64.9 cm³/mol. The van der Waals surface area contributed by atoms with E-state index in [0.29, 0.717) is 0 Å². The lowest BCUT2D eigenvalue weighted by atomic mass is 10.4. The third-order valence-corrected chi connectivity index (χ3v) is 2.97. The Bertz CT molecular complexity index is 474. The van der Waals surface area contributed by atoms with Crippen LogP contribution in [0.1, 0.15) is 9.80 Å². The first kappa shape index (κ1) is 15.3. The highest BCUT2D eigenvalue weighted by molar-refractivity contribution is 7.17. The number of methoxy groups -OCH3 is 2. The van der Waals surface area contributed by atoms with E-state index >= 15 is 0 Å². The number of aromatic nitrogens is 2. The van der Waals surface area contributed by atoms with Crippen molar-refractivity contribution in [2.75, 3.05) is 27.3 Å². The van der Waals surface area contributed by atoms with Gasteiger partial charge in [-0.25, -0.2) is 0 Å². The summed E-state index contributed by atoms with van der Waals surface area (Å²) in [5.41, 5.74) is 0. The number of carbonyl (C=O) groups excluding carboxylic acids is 3. The van der Waals surface area contributed by atoms with Crippen molar-refractivity contribution < 1.29 is 23.9 Å². The topological polar surface area (TPSA) is 98.7 Å². The molecular formula is C9H10ClN3O5S. The van der Waals surface area contributed by atoms with Gasteiger partial charge in [-0.05, 0) is 11.6 Å². The molecule has 0 aliphatic heterocycles. The van der Waals surface area contributed by atoms with Crippen LogP contribution in [0, 0.1) is 0 Å². The van der Waals surface area contributed by atoms with Crippen LogP contribution in [0.25, 0.3) is 0 Å². The van der Waals surface area contributed by atoms with Crippen molar-refractivity contribution in [3.63, 3.8) is 0 Å². The number of nitrogens with zero attached hydrogens (tertiary/aromatic N) is 3. The predicted octanol–water partition coefficient (Wildman–Crippen LogP) is -0.0203. The zero-order valence-electron chi connectivity index (χ0n) is 10.1. The molecule has 0 saturated heterocycles. The molecule has 19 heavy (non-hydrogen) atoms. The molecule has 1 aromatic heterocycles. The maximum Gasteiger partial charge on any atom is 0.325 e. The minimum atomic E-state index is -0.673. The Morgan fingerprint density at radius 2 is 1.68 bits per heavy atom. The molecule has 1 rings (SSSR count). The van der Waals surface area contributed by atoms with Crippen LogP contribution < -0.4 is 0 Å². The minimum Gasteiger partial charge on any atom is -0.468 e. The summed E-state index contributed by atoms with van der Waals surface area (Å²) in [4.78, 5) is 35.4. The van der Waals surface area contributed by atoms with Crippen LogP contribution in [0.2, 0.25) is 4.47 Å². The van der Waals surface area contributed by atoms with Gasteiger partial charge in [0.25, 0.3) is 5.91 Å². The molecule has 8 nitrogen and oxygen atoms in total. The molecule has 0 bridgehead atoms. The lowest BCUT2D eigenvalue weighted by Gasteiger charge is -2.18. The number of rotatable bonds is 5. The van der Waals surface area contributed by atoms with Crippen molar-refractivity contribution >= 4 is 40.8 Å². The maximum atomic E-state index is 12.0. The smallest absolute Gasteiger partial charge is 0.325 e. The first-order valence-electron chi connectivity index (χ1n) is 4.89. The summed E-state index contributed by atoms with van der Waals surface area (Å²) in [6.45, 7) is -0.802. The van der Waals surface area contributed by atoms with Crippen LogP contribution in [0.4, 0.5) is 0 Å². The van der Waals surface area contributed by atoms with Gasteiger partial charge >= 0.3 is 11.9 Å². The van der Waals surface area contributed by atoms with Crippen LogP contribution in [0.5, 0.6) is 0 Å². The summed E-state index contributed by atoms with van der Waals surface area (Å²) in [6.07, 6.45) is 0. The number of hydrogen-bond donors (Lipinski definition) is 0.